The second kappa shape index (κ2) is 20.4. The molecular formula is C47H57BrF2N11O5P. The van der Waals surface area contributed by atoms with Gasteiger partial charge in [0, 0.05) is 111 Å². The number of benzene rings is 3. The van der Waals surface area contributed by atoms with Gasteiger partial charge in [0.2, 0.25) is 17.8 Å². The number of aryl methyl sites for hydroxylation is 2. The molecule has 67 heavy (non-hydrogen) atoms. The van der Waals surface area contributed by atoms with Gasteiger partial charge in [-0.25, -0.2) is 18.4 Å². The molecule has 0 radical (unpaired) electrons. The zero-order valence-corrected chi connectivity index (χ0v) is 40.8. The van der Waals surface area contributed by atoms with Crippen LogP contribution >= 0.6 is 23.1 Å². The molecule has 1 unspecified atom stereocenters. The highest BCUT2D eigenvalue weighted by molar-refractivity contribution is 9.10. The van der Waals surface area contributed by atoms with Crippen LogP contribution in [0.3, 0.4) is 0 Å². The van der Waals surface area contributed by atoms with Crippen molar-refractivity contribution < 1.29 is 27.7 Å². The van der Waals surface area contributed by atoms with Crippen LogP contribution in [-0.4, -0.2) is 103 Å². The number of amides is 2. The van der Waals surface area contributed by atoms with Gasteiger partial charge in [-0.15, -0.1) is 0 Å². The monoisotopic (exact) mass is 1000 g/mol. The first kappa shape index (κ1) is 48.0. The lowest BCUT2D eigenvalue weighted by atomic mass is 9.89. The molecule has 16 nitrogen and oxygen atoms in total. The summed E-state index contributed by atoms with van der Waals surface area (Å²) < 4.78 is 51.8. The molecule has 3 saturated heterocycles. The quantitative estimate of drug-likeness (QED) is 0.0399. The maximum absolute atomic E-state index is 15.1. The molecular weight excluding hydrogens is 947 g/mol. The minimum Gasteiger partial charge on any atom is -0.492 e. The standard InChI is InChI=1S/C47H57BrF2N11O5P/c1-6-28-18-38(56-47-53-24-34(48)44(58-47)55-37-10-8-31-33(43(37)67(4,5)65)23-54-59(3)46(31)64)40(66-7-2)21-39(28)60-16-12-29(13-17-60)52-15-14-51-22-27-25-61(26-27)30-19-35(49)42(36(50)20-30)32-9-11-41(62)57-45(32)63/h8,10,18-21,23-24,27,29,32,51-52H,6-7,9,11-17,22,25-26H2,1-5H3,(H,57,62,63)(H2,53,55,56,58). The van der Waals surface area contributed by atoms with Gasteiger partial charge in [0.15, 0.2) is 0 Å². The number of aromatic nitrogens is 4. The second-order valence-corrected chi connectivity index (χ2v) is 21.8. The SMILES string of the molecule is CCOc1cc(N2CCC(NCCNCC3CN(c4cc(F)c(C5CCC(=O)NC5=O)c(F)c4)C3)CC2)c(CC)cc1Nc1ncc(Br)c(Nc2ccc3c(=O)n(C)ncc3c2P(C)(C)=O)n1. The van der Waals surface area contributed by atoms with Crippen molar-refractivity contribution in [1.29, 1.82) is 0 Å². The predicted molar refractivity (Wildman–Crippen MR) is 263 cm³/mol. The number of hydrogen-bond donors (Lipinski definition) is 5. The number of nitrogens with zero attached hydrogens (tertiary/aromatic N) is 6. The normalized spacial score (nSPS) is 17.2. The highest BCUT2D eigenvalue weighted by Crippen LogP contribution is 2.42. The van der Waals surface area contributed by atoms with E-state index >= 15 is 8.78 Å². The topological polar surface area (TPSA) is 188 Å². The molecule has 1 atom stereocenters. The second-order valence-electron chi connectivity index (χ2n) is 17.8. The van der Waals surface area contributed by atoms with Crippen LogP contribution in [0.25, 0.3) is 10.8 Å². The molecule has 0 aliphatic carbocycles. The van der Waals surface area contributed by atoms with E-state index in [1.54, 1.807) is 44.9 Å². The smallest absolute Gasteiger partial charge is 0.274 e. The summed E-state index contributed by atoms with van der Waals surface area (Å²) in [5, 5.41) is 21.8. The number of hydrogen-bond acceptors (Lipinski definition) is 14. The largest absolute Gasteiger partial charge is 0.492 e. The van der Waals surface area contributed by atoms with Crippen molar-refractivity contribution in [2.24, 2.45) is 13.0 Å². The van der Waals surface area contributed by atoms with Crippen molar-refractivity contribution in [3.05, 3.63) is 86.4 Å². The van der Waals surface area contributed by atoms with Crippen molar-refractivity contribution in [1.82, 2.24) is 35.7 Å². The molecule has 5 aromatic rings. The number of piperidine rings is 2. The summed E-state index contributed by atoms with van der Waals surface area (Å²) in [6.45, 7) is 13.4. The number of halogens is 3. The Morgan fingerprint density at radius 1 is 0.925 bits per heavy atom. The van der Waals surface area contributed by atoms with Crippen LogP contribution in [0.1, 0.15) is 56.6 Å². The molecule has 5 heterocycles. The summed E-state index contributed by atoms with van der Waals surface area (Å²) in [5.41, 5.74) is 3.50. The Bertz CT molecular complexity index is 2770. The van der Waals surface area contributed by atoms with Crippen LogP contribution in [0.5, 0.6) is 5.75 Å². The summed E-state index contributed by atoms with van der Waals surface area (Å²) in [7, 11) is -1.32. The van der Waals surface area contributed by atoms with Crippen molar-refractivity contribution >= 4 is 85.5 Å². The van der Waals surface area contributed by atoms with Crippen LogP contribution in [-0.2, 0) is 27.6 Å². The highest BCUT2D eigenvalue weighted by Gasteiger charge is 2.34. The molecule has 3 aliphatic rings. The lowest BCUT2D eigenvalue weighted by molar-refractivity contribution is -0.134. The number of rotatable bonds is 17. The van der Waals surface area contributed by atoms with Crippen molar-refractivity contribution in [3.8, 4) is 5.75 Å². The van der Waals surface area contributed by atoms with E-state index in [1.165, 1.54) is 16.8 Å². The number of anilines is 6. The first-order valence-electron chi connectivity index (χ1n) is 22.8. The average Bonchev–Trinajstić information content (AvgIpc) is 3.27. The minimum atomic E-state index is -2.91. The minimum absolute atomic E-state index is 0.0554. The summed E-state index contributed by atoms with van der Waals surface area (Å²) >= 11 is 3.57. The highest BCUT2D eigenvalue weighted by atomic mass is 79.9. The summed E-state index contributed by atoms with van der Waals surface area (Å²) in [4.78, 5) is 50.3. The molecule has 20 heteroatoms. The van der Waals surface area contributed by atoms with E-state index in [4.69, 9.17) is 9.72 Å². The molecule has 3 aromatic carbocycles. The van der Waals surface area contributed by atoms with Gasteiger partial charge in [0.05, 0.1) is 40.0 Å². The third kappa shape index (κ3) is 10.6. The summed E-state index contributed by atoms with van der Waals surface area (Å²) in [6, 6.07) is 10.6. The Balaban J connectivity index is 0.830. The molecule has 0 saturated carbocycles. The van der Waals surface area contributed by atoms with E-state index in [1.807, 2.05) is 11.8 Å². The molecule has 3 fully saturated rings. The number of nitrogens with one attached hydrogen (secondary N) is 5. The fraction of sp³-hybridized carbons (Fsp3) is 0.447. The van der Waals surface area contributed by atoms with Crippen LogP contribution in [0.2, 0.25) is 0 Å². The Hall–Kier alpha value is -5.49. The van der Waals surface area contributed by atoms with E-state index in [9.17, 15) is 18.9 Å². The van der Waals surface area contributed by atoms with E-state index in [0.717, 1.165) is 68.9 Å². The molecule has 0 bridgehead atoms. The molecule has 8 rings (SSSR count). The Labute approximate surface area is 396 Å². The number of fused-ring (bicyclic) bond motifs is 1. The maximum Gasteiger partial charge on any atom is 0.274 e. The van der Waals surface area contributed by atoms with Crippen molar-refractivity contribution in [2.45, 2.75) is 57.9 Å². The van der Waals surface area contributed by atoms with Gasteiger partial charge in [-0.1, -0.05) is 6.92 Å². The molecule has 5 N–H and O–H groups in total. The fourth-order valence-electron chi connectivity index (χ4n) is 9.26. The Morgan fingerprint density at radius 3 is 2.36 bits per heavy atom. The third-order valence-corrected chi connectivity index (χ3v) is 14.9. The van der Waals surface area contributed by atoms with E-state index in [-0.39, 0.29) is 24.0 Å². The summed E-state index contributed by atoms with van der Waals surface area (Å²) in [5.74, 6) is -1.81. The van der Waals surface area contributed by atoms with E-state index < -0.39 is 36.5 Å². The zero-order valence-electron chi connectivity index (χ0n) is 38.3. The maximum atomic E-state index is 15.1. The molecule has 356 valence electrons. The number of carbonyl (C=O) groups excluding carboxylic acids is 2. The third-order valence-electron chi connectivity index (χ3n) is 12.7. The summed E-state index contributed by atoms with van der Waals surface area (Å²) in [6.07, 6.45) is 6.14. The van der Waals surface area contributed by atoms with Crippen LogP contribution in [0.4, 0.5) is 43.3 Å². The molecule has 3 aliphatic heterocycles. The van der Waals surface area contributed by atoms with E-state index in [0.29, 0.717) is 81.1 Å². The number of imide groups is 1. The van der Waals surface area contributed by atoms with Gasteiger partial charge in [-0.3, -0.25) is 19.7 Å². The molecule has 2 amide bonds. The number of ether oxygens (including phenoxy) is 1. The van der Waals surface area contributed by atoms with Crippen LogP contribution in [0, 0.1) is 17.6 Å². The van der Waals surface area contributed by atoms with Crippen LogP contribution in [0.15, 0.2) is 58.1 Å². The average molecular weight is 1000 g/mol. The molecule has 2 aromatic heterocycles. The lowest BCUT2D eigenvalue weighted by Gasteiger charge is -2.41. The van der Waals surface area contributed by atoms with Gasteiger partial charge in [-0.2, -0.15) is 10.1 Å². The first-order valence-corrected chi connectivity index (χ1v) is 26.2. The van der Waals surface area contributed by atoms with Gasteiger partial charge in [-0.05, 0) is 97.8 Å². The molecule has 0 spiro atoms. The van der Waals surface area contributed by atoms with E-state index in [2.05, 4.69) is 76.6 Å². The van der Waals surface area contributed by atoms with Crippen LogP contribution < -0.4 is 52.0 Å². The Morgan fingerprint density at radius 2 is 1.67 bits per heavy atom. The van der Waals surface area contributed by atoms with Crippen molar-refractivity contribution in [3.63, 3.8) is 0 Å². The van der Waals surface area contributed by atoms with Gasteiger partial charge >= 0.3 is 0 Å². The Kier molecular flexibility index (Phi) is 14.6. The van der Waals surface area contributed by atoms with Gasteiger partial charge in [0.1, 0.15) is 30.3 Å². The first-order chi connectivity index (χ1) is 32.1. The fourth-order valence-corrected chi connectivity index (χ4v) is 11.0. The zero-order chi connectivity index (χ0) is 47.6. The predicted octanol–water partition coefficient (Wildman–Crippen LogP) is 6.27. The number of carbonyl (C=O) groups is 2. The van der Waals surface area contributed by atoms with Gasteiger partial charge < -0.3 is 40.4 Å². The van der Waals surface area contributed by atoms with Crippen molar-refractivity contribution in [2.75, 3.05) is 86.2 Å². The lowest BCUT2D eigenvalue weighted by Crippen LogP contribution is -2.51. The van der Waals surface area contributed by atoms with Gasteiger partial charge in [0.25, 0.3) is 5.56 Å².